The highest BCUT2D eigenvalue weighted by molar-refractivity contribution is 7.90. The number of rotatable bonds is 12. The van der Waals surface area contributed by atoms with Crippen LogP contribution >= 0.6 is 0 Å². The standard InChI is InChI=1S/C34H33NO5S/c1-3-35-21-22-38-28-12-14-29(15-13-28)40-34-32(26-9-17-31(18-10-26)41(2,36)37)19-11-27-23-30(16-20-33(27)34)39-24-25-7-5-4-6-8-25/h4-20,23,35H,3,21-22,24H2,1-2H3. The van der Waals surface area contributed by atoms with Gasteiger partial charge in [-0.3, -0.25) is 0 Å². The predicted octanol–water partition coefficient (Wildman–Crippen LogP) is 7.27. The topological polar surface area (TPSA) is 73.9 Å². The van der Waals surface area contributed by atoms with E-state index in [0.29, 0.717) is 24.7 Å². The molecule has 0 aliphatic rings. The van der Waals surface area contributed by atoms with Gasteiger partial charge in [-0.05, 0) is 83.7 Å². The molecule has 0 saturated heterocycles. The van der Waals surface area contributed by atoms with Crippen LogP contribution < -0.4 is 19.5 Å². The fourth-order valence-corrected chi connectivity index (χ4v) is 5.10. The Balaban J connectivity index is 1.47. The number of nitrogens with one attached hydrogen (secondary N) is 1. The molecule has 6 nitrogen and oxygen atoms in total. The first kappa shape index (κ1) is 28.2. The van der Waals surface area contributed by atoms with Crippen molar-refractivity contribution in [2.45, 2.75) is 18.4 Å². The van der Waals surface area contributed by atoms with Gasteiger partial charge in [0.05, 0.1) is 4.90 Å². The summed E-state index contributed by atoms with van der Waals surface area (Å²) in [6.45, 7) is 4.81. The molecule has 1 N–H and O–H groups in total. The van der Waals surface area contributed by atoms with Crippen molar-refractivity contribution in [3.8, 4) is 34.1 Å². The summed E-state index contributed by atoms with van der Waals surface area (Å²) in [6.07, 6.45) is 1.21. The Morgan fingerprint density at radius 2 is 1.44 bits per heavy atom. The van der Waals surface area contributed by atoms with Crippen molar-refractivity contribution in [3.05, 3.63) is 115 Å². The van der Waals surface area contributed by atoms with E-state index in [4.69, 9.17) is 14.2 Å². The summed E-state index contributed by atoms with van der Waals surface area (Å²) in [6, 6.07) is 34.4. The summed E-state index contributed by atoms with van der Waals surface area (Å²) < 4.78 is 42.4. The second-order valence-electron chi connectivity index (χ2n) is 9.67. The summed E-state index contributed by atoms with van der Waals surface area (Å²) in [5.41, 5.74) is 2.79. The lowest BCUT2D eigenvalue weighted by atomic mass is 9.99. The Hall–Kier alpha value is -4.33. The minimum atomic E-state index is -3.30. The van der Waals surface area contributed by atoms with Crippen LogP contribution in [-0.4, -0.2) is 34.4 Å². The third kappa shape index (κ3) is 7.25. The third-order valence-corrected chi connectivity index (χ3v) is 7.75. The molecule has 0 saturated carbocycles. The largest absolute Gasteiger partial charge is 0.492 e. The molecule has 41 heavy (non-hydrogen) atoms. The molecule has 7 heteroatoms. The third-order valence-electron chi connectivity index (χ3n) is 6.62. The zero-order valence-electron chi connectivity index (χ0n) is 23.2. The summed E-state index contributed by atoms with van der Waals surface area (Å²) in [7, 11) is -3.30. The van der Waals surface area contributed by atoms with Crippen molar-refractivity contribution in [3.63, 3.8) is 0 Å². The van der Waals surface area contributed by atoms with Gasteiger partial charge in [0.2, 0.25) is 0 Å². The number of sulfone groups is 1. The van der Waals surface area contributed by atoms with E-state index in [-0.39, 0.29) is 4.90 Å². The maximum absolute atomic E-state index is 12.0. The zero-order valence-corrected chi connectivity index (χ0v) is 24.0. The first-order chi connectivity index (χ1) is 19.9. The molecule has 0 aliphatic heterocycles. The van der Waals surface area contributed by atoms with E-state index in [1.807, 2.05) is 97.1 Å². The highest BCUT2D eigenvalue weighted by Crippen LogP contribution is 2.41. The molecule has 5 rings (SSSR count). The van der Waals surface area contributed by atoms with Crippen LogP contribution in [0.5, 0.6) is 23.0 Å². The molecule has 5 aromatic rings. The van der Waals surface area contributed by atoms with Crippen LogP contribution in [0.1, 0.15) is 12.5 Å². The second-order valence-corrected chi connectivity index (χ2v) is 11.7. The van der Waals surface area contributed by atoms with Crippen molar-refractivity contribution in [2.24, 2.45) is 0 Å². The molecular weight excluding hydrogens is 534 g/mol. The lowest BCUT2D eigenvalue weighted by Crippen LogP contribution is -2.20. The monoisotopic (exact) mass is 567 g/mol. The Bertz CT molecular complexity index is 1700. The SMILES string of the molecule is CCNCCOc1ccc(Oc2c(-c3ccc(S(C)(=O)=O)cc3)ccc3cc(OCc4ccccc4)ccc23)cc1. The first-order valence-corrected chi connectivity index (χ1v) is 15.5. The smallest absolute Gasteiger partial charge is 0.175 e. The highest BCUT2D eigenvalue weighted by atomic mass is 32.2. The average Bonchev–Trinajstić information content (AvgIpc) is 2.99. The van der Waals surface area contributed by atoms with E-state index in [0.717, 1.165) is 52.1 Å². The zero-order chi connectivity index (χ0) is 28.7. The molecule has 0 unspecified atom stereocenters. The summed E-state index contributed by atoms with van der Waals surface area (Å²) >= 11 is 0. The van der Waals surface area contributed by atoms with Crippen LogP contribution in [0.15, 0.2) is 114 Å². The Morgan fingerprint density at radius 1 is 0.732 bits per heavy atom. The van der Waals surface area contributed by atoms with Gasteiger partial charge in [-0.15, -0.1) is 0 Å². The molecule has 0 amide bonds. The van der Waals surface area contributed by atoms with Crippen LogP contribution in [0.4, 0.5) is 0 Å². The van der Waals surface area contributed by atoms with Crippen LogP contribution in [0, 0.1) is 0 Å². The van der Waals surface area contributed by atoms with Gasteiger partial charge in [-0.2, -0.15) is 0 Å². The van der Waals surface area contributed by atoms with Gasteiger partial charge in [0.15, 0.2) is 9.84 Å². The van der Waals surface area contributed by atoms with Crippen LogP contribution in [0.25, 0.3) is 21.9 Å². The highest BCUT2D eigenvalue weighted by Gasteiger charge is 2.15. The molecule has 0 aliphatic carbocycles. The maximum atomic E-state index is 12.0. The molecule has 0 bridgehead atoms. The Morgan fingerprint density at radius 3 is 2.15 bits per heavy atom. The van der Waals surface area contributed by atoms with Crippen molar-refractivity contribution in [1.29, 1.82) is 0 Å². The van der Waals surface area contributed by atoms with Gasteiger partial charge in [0.1, 0.15) is 36.2 Å². The number of ether oxygens (including phenoxy) is 3. The van der Waals surface area contributed by atoms with E-state index >= 15 is 0 Å². The number of hydrogen-bond donors (Lipinski definition) is 1. The average molecular weight is 568 g/mol. The minimum absolute atomic E-state index is 0.273. The molecule has 0 heterocycles. The van der Waals surface area contributed by atoms with Gasteiger partial charge < -0.3 is 19.5 Å². The molecule has 0 aromatic heterocycles. The summed E-state index contributed by atoms with van der Waals surface area (Å²) in [5, 5.41) is 5.11. The fourth-order valence-electron chi connectivity index (χ4n) is 4.47. The molecule has 0 atom stereocenters. The molecular formula is C34H33NO5S. The molecule has 0 spiro atoms. The Labute approximate surface area is 241 Å². The Kier molecular flexibility index (Phi) is 8.87. The van der Waals surface area contributed by atoms with Crippen molar-refractivity contribution < 1.29 is 22.6 Å². The van der Waals surface area contributed by atoms with Crippen molar-refractivity contribution in [1.82, 2.24) is 5.32 Å². The van der Waals surface area contributed by atoms with Gasteiger partial charge in [0, 0.05) is 23.8 Å². The van der Waals surface area contributed by atoms with Crippen LogP contribution in [-0.2, 0) is 16.4 Å². The van der Waals surface area contributed by atoms with Crippen molar-refractivity contribution >= 4 is 20.6 Å². The van der Waals surface area contributed by atoms with E-state index in [9.17, 15) is 8.42 Å². The van der Waals surface area contributed by atoms with Gasteiger partial charge in [0.25, 0.3) is 0 Å². The summed E-state index contributed by atoms with van der Waals surface area (Å²) in [4.78, 5) is 0.273. The quantitative estimate of drug-likeness (QED) is 0.160. The molecule has 0 fully saturated rings. The van der Waals surface area contributed by atoms with E-state index in [2.05, 4.69) is 12.2 Å². The van der Waals surface area contributed by atoms with Crippen LogP contribution in [0.3, 0.4) is 0 Å². The summed E-state index contributed by atoms with van der Waals surface area (Å²) in [5.74, 6) is 2.86. The lowest BCUT2D eigenvalue weighted by Gasteiger charge is -2.16. The normalized spacial score (nSPS) is 11.4. The van der Waals surface area contributed by atoms with Gasteiger partial charge in [-0.1, -0.05) is 55.5 Å². The molecule has 5 aromatic carbocycles. The van der Waals surface area contributed by atoms with E-state index in [1.165, 1.54) is 6.26 Å². The van der Waals surface area contributed by atoms with Crippen LogP contribution in [0.2, 0.25) is 0 Å². The predicted molar refractivity (Wildman–Crippen MR) is 164 cm³/mol. The lowest BCUT2D eigenvalue weighted by molar-refractivity contribution is 0.306. The first-order valence-electron chi connectivity index (χ1n) is 13.6. The fraction of sp³-hybridized carbons (Fsp3) is 0.176. The maximum Gasteiger partial charge on any atom is 0.175 e. The number of fused-ring (bicyclic) bond motifs is 1. The second kappa shape index (κ2) is 12.9. The molecule has 210 valence electrons. The van der Waals surface area contributed by atoms with Gasteiger partial charge in [-0.25, -0.2) is 8.42 Å². The van der Waals surface area contributed by atoms with Gasteiger partial charge >= 0.3 is 0 Å². The number of likely N-dealkylation sites (N-methyl/N-ethyl adjacent to an activating group) is 1. The minimum Gasteiger partial charge on any atom is -0.492 e. The number of benzene rings is 5. The van der Waals surface area contributed by atoms with Crippen molar-refractivity contribution in [2.75, 3.05) is 26.0 Å². The van der Waals surface area contributed by atoms with E-state index in [1.54, 1.807) is 12.1 Å². The molecule has 0 radical (unpaired) electrons. The number of hydrogen-bond acceptors (Lipinski definition) is 6. The van der Waals surface area contributed by atoms with E-state index < -0.39 is 9.84 Å².